The first-order chi connectivity index (χ1) is 9.81. The van der Waals surface area contributed by atoms with Gasteiger partial charge in [0, 0.05) is 12.0 Å². The molecule has 1 N–H and O–H groups in total. The molecule has 2 heterocycles. The van der Waals surface area contributed by atoms with Gasteiger partial charge < -0.3 is 9.52 Å². The van der Waals surface area contributed by atoms with Gasteiger partial charge in [0.25, 0.3) is 0 Å². The minimum Gasteiger partial charge on any atom is -0.469 e. The van der Waals surface area contributed by atoms with Crippen LogP contribution in [0, 0.1) is 0 Å². The van der Waals surface area contributed by atoms with E-state index in [1.54, 1.807) is 23.2 Å². The number of para-hydroxylation sites is 1. The van der Waals surface area contributed by atoms with E-state index in [2.05, 4.69) is 10.3 Å². The Balaban J connectivity index is 2.02. The van der Waals surface area contributed by atoms with Crippen molar-refractivity contribution in [2.75, 3.05) is 0 Å². The number of furan rings is 1. The quantitative estimate of drug-likeness (QED) is 0.790. The Morgan fingerprint density at radius 2 is 2.05 bits per heavy atom. The average Bonchev–Trinajstić information content (AvgIpc) is 3.16. The number of nitrogens with zero attached hydrogens (tertiary/aromatic N) is 3. The van der Waals surface area contributed by atoms with Gasteiger partial charge in [0.1, 0.15) is 11.9 Å². The number of rotatable bonds is 4. The van der Waals surface area contributed by atoms with Crippen molar-refractivity contribution in [1.29, 1.82) is 0 Å². The Hall–Kier alpha value is -2.40. The summed E-state index contributed by atoms with van der Waals surface area (Å²) in [6, 6.07) is 11.4. The van der Waals surface area contributed by atoms with Crippen molar-refractivity contribution in [2.24, 2.45) is 0 Å². The molecule has 0 amide bonds. The molecule has 1 unspecified atom stereocenters. The summed E-state index contributed by atoms with van der Waals surface area (Å²) in [4.78, 5) is 0. The van der Waals surface area contributed by atoms with Crippen molar-refractivity contribution >= 4 is 0 Å². The summed E-state index contributed by atoms with van der Waals surface area (Å²) in [5, 5.41) is 18.5. The lowest BCUT2D eigenvalue weighted by atomic mass is 10.1. The van der Waals surface area contributed by atoms with Crippen LogP contribution >= 0.6 is 0 Å². The fraction of sp³-hybridized carbons (Fsp3) is 0.200. The number of hydrogen-bond acceptors (Lipinski definition) is 4. The van der Waals surface area contributed by atoms with Crippen molar-refractivity contribution in [3.63, 3.8) is 0 Å². The molecule has 0 aliphatic carbocycles. The molecule has 1 atom stereocenters. The molecule has 0 aliphatic heterocycles. The minimum atomic E-state index is -0.807. The third kappa shape index (κ3) is 2.12. The van der Waals surface area contributed by atoms with Crippen LogP contribution in [0.4, 0.5) is 0 Å². The van der Waals surface area contributed by atoms with Crippen molar-refractivity contribution in [1.82, 2.24) is 15.0 Å². The molecule has 0 aliphatic rings. The summed E-state index contributed by atoms with van der Waals surface area (Å²) in [6.45, 7) is 1.99. The fourth-order valence-electron chi connectivity index (χ4n) is 2.24. The van der Waals surface area contributed by atoms with E-state index in [4.69, 9.17) is 4.42 Å². The maximum Gasteiger partial charge on any atom is 0.126 e. The van der Waals surface area contributed by atoms with Gasteiger partial charge in [-0.25, -0.2) is 4.68 Å². The van der Waals surface area contributed by atoms with Gasteiger partial charge in [-0.15, -0.1) is 5.10 Å². The van der Waals surface area contributed by atoms with Gasteiger partial charge in [-0.3, -0.25) is 0 Å². The molecule has 0 fully saturated rings. The largest absolute Gasteiger partial charge is 0.469 e. The average molecular weight is 269 g/mol. The molecule has 0 saturated heterocycles. The van der Waals surface area contributed by atoms with E-state index in [0.29, 0.717) is 5.69 Å². The maximum atomic E-state index is 10.6. The number of aliphatic hydroxyl groups is 1. The van der Waals surface area contributed by atoms with E-state index >= 15 is 0 Å². The third-order valence-electron chi connectivity index (χ3n) is 3.25. The Morgan fingerprint density at radius 1 is 1.25 bits per heavy atom. The summed E-state index contributed by atoms with van der Waals surface area (Å²) in [7, 11) is 0. The van der Waals surface area contributed by atoms with Gasteiger partial charge in [-0.1, -0.05) is 30.3 Å². The van der Waals surface area contributed by atoms with E-state index in [1.807, 2.05) is 37.3 Å². The molecule has 102 valence electrons. The third-order valence-corrected chi connectivity index (χ3v) is 3.25. The molecule has 2 aromatic heterocycles. The zero-order valence-electron chi connectivity index (χ0n) is 11.1. The molecule has 5 nitrogen and oxygen atoms in total. The second-order valence-electron chi connectivity index (χ2n) is 4.46. The second kappa shape index (κ2) is 5.30. The molecule has 0 radical (unpaired) electrons. The van der Waals surface area contributed by atoms with Crippen molar-refractivity contribution < 1.29 is 9.52 Å². The second-order valence-corrected chi connectivity index (χ2v) is 4.46. The highest BCUT2D eigenvalue weighted by Crippen LogP contribution is 2.27. The summed E-state index contributed by atoms with van der Waals surface area (Å²) in [6.07, 6.45) is 3.09. The van der Waals surface area contributed by atoms with E-state index in [-0.39, 0.29) is 0 Å². The van der Waals surface area contributed by atoms with E-state index in [1.165, 1.54) is 0 Å². The van der Waals surface area contributed by atoms with E-state index in [9.17, 15) is 5.11 Å². The zero-order valence-corrected chi connectivity index (χ0v) is 11.1. The van der Waals surface area contributed by atoms with Crippen LogP contribution in [0.2, 0.25) is 0 Å². The van der Waals surface area contributed by atoms with Crippen LogP contribution in [0.15, 0.2) is 53.3 Å². The van der Waals surface area contributed by atoms with Crippen molar-refractivity contribution in [3.05, 3.63) is 65.9 Å². The summed E-state index contributed by atoms with van der Waals surface area (Å²) >= 11 is 0. The van der Waals surface area contributed by atoms with Crippen LogP contribution in [-0.4, -0.2) is 20.1 Å². The van der Waals surface area contributed by atoms with Crippen LogP contribution in [0.1, 0.15) is 30.0 Å². The highest BCUT2D eigenvalue weighted by atomic mass is 16.3. The maximum absolute atomic E-state index is 10.6. The Labute approximate surface area is 116 Å². The zero-order chi connectivity index (χ0) is 13.9. The van der Waals surface area contributed by atoms with Crippen LogP contribution < -0.4 is 0 Å². The number of benzene rings is 1. The van der Waals surface area contributed by atoms with Gasteiger partial charge in [0.05, 0.1) is 23.8 Å². The van der Waals surface area contributed by atoms with Crippen LogP contribution in [0.25, 0.3) is 5.69 Å². The smallest absolute Gasteiger partial charge is 0.126 e. The van der Waals surface area contributed by atoms with Crippen LogP contribution in [0.5, 0.6) is 0 Å². The standard InChI is InChI=1S/C15H15N3O2/c1-2-14-12(8-9-20-14)15(19)13-10-16-17-18(13)11-6-4-3-5-7-11/h3-10,15,19H,2H2,1H3. The van der Waals surface area contributed by atoms with Gasteiger partial charge in [-0.2, -0.15) is 0 Å². The number of aromatic nitrogens is 3. The van der Waals surface area contributed by atoms with Gasteiger partial charge in [0.15, 0.2) is 0 Å². The van der Waals surface area contributed by atoms with Crippen LogP contribution in [0.3, 0.4) is 0 Å². The molecule has 1 aromatic carbocycles. The lowest BCUT2D eigenvalue weighted by Crippen LogP contribution is -2.09. The topological polar surface area (TPSA) is 64.1 Å². The monoisotopic (exact) mass is 269 g/mol. The molecule has 0 saturated carbocycles. The minimum absolute atomic E-state index is 0.618. The van der Waals surface area contributed by atoms with Crippen LogP contribution in [-0.2, 0) is 6.42 Å². The first kappa shape index (κ1) is 12.6. The highest BCUT2D eigenvalue weighted by Gasteiger charge is 2.21. The fourth-order valence-corrected chi connectivity index (χ4v) is 2.24. The van der Waals surface area contributed by atoms with Gasteiger partial charge >= 0.3 is 0 Å². The number of hydrogen-bond donors (Lipinski definition) is 1. The number of aliphatic hydroxyl groups excluding tert-OH is 1. The molecular formula is C15H15N3O2. The summed E-state index contributed by atoms with van der Waals surface area (Å²) in [5.41, 5.74) is 2.24. The van der Waals surface area contributed by atoms with Gasteiger partial charge in [-0.05, 0) is 18.2 Å². The van der Waals surface area contributed by atoms with Gasteiger partial charge in [0.2, 0.25) is 0 Å². The lowest BCUT2D eigenvalue weighted by molar-refractivity contribution is 0.209. The molecule has 20 heavy (non-hydrogen) atoms. The molecule has 5 heteroatoms. The summed E-state index contributed by atoms with van der Waals surface area (Å²) < 4.78 is 7.00. The molecular weight excluding hydrogens is 254 g/mol. The first-order valence-corrected chi connectivity index (χ1v) is 6.51. The Morgan fingerprint density at radius 3 is 2.80 bits per heavy atom. The van der Waals surface area contributed by atoms with E-state index < -0.39 is 6.10 Å². The summed E-state index contributed by atoms with van der Waals surface area (Å²) in [5.74, 6) is 0.776. The predicted octanol–water partition coefficient (Wildman–Crippen LogP) is 2.50. The highest BCUT2D eigenvalue weighted by molar-refractivity contribution is 5.35. The number of aryl methyl sites for hydroxylation is 1. The predicted molar refractivity (Wildman–Crippen MR) is 73.5 cm³/mol. The van der Waals surface area contributed by atoms with E-state index in [0.717, 1.165) is 23.4 Å². The van der Waals surface area contributed by atoms with Crippen molar-refractivity contribution in [2.45, 2.75) is 19.4 Å². The molecule has 0 bridgehead atoms. The first-order valence-electron chi connectivity index (χ1n) is 6.51. The molecule has 0 spiro atoms. The SMILES string of the molecule is CCc1occc1C(O)c1cnnn1-c1ccccc1. The Kier molecular flexibility index (Phi) is 3.35. The lowest BCUT2D eigenvalue weighted by Gasteiger charge is -2.12. The molecule has 3 aromatic rings. The molecule has 3 rings (SSSR count). The normalized spacial score (nSPS) is 12.5. The Bertz CT molecular complexity index is 688. The van der Waals surface area contributed by atoms with Crippen molar-refractivity contribution in [3.8, 4) is 5.69 Å².